The fourth-order valence-corrected chi connectivity index (χ4v) is 3.23. The molecule has 0 N–H and O–H groups in total. The zero-order chi connectivity index (χ0) is 18.4. The molecular weight excluding hydrogens is 348 g/mol. The van der Waals surface area contributed by atoms with E-state index < -0.39 is 35.0 Å². The molecule has 2 aromatic rings. The Bertz CT molecular complexity index is 824. The standard InChI is InChI=1S/C17H13F6NO/c18-16(19,20)12-5-2-4-11-10(7-9-3-1-6-13(9)25)8-14(17(21,22)23)24-15(11)12/h2,4-5,8-9H,1,3,6-7H2. The van der Waals surface area contributed by atoms with Crippen molar-refractivity contribution in [2.45, 2.75) is 38.0 Å². The van der Waals surface area contributed by atoms with Crippen molar-refractivity contribution in [2.24, 2.45) is 5.92 Å². The van der Waals surface area contributed by atoms with E-state index in [0.29, 0.717) is 25.3 Å². The molecule has 1 atom stereocenters. The van der Waals surface area contributed by atoms with Gasteiger partial charge in [-0.1, -0.05) is 12.1 Å². The molecule has 2 nitrogen and oxygen atoms in total. The average Bonchev–Trinajstić information content (AvgIpc) is 2.90. The van der Waals surface area contributed by atoms with Gasteiger partial charge in [0.05, 0.1) is 11.1 Å². The molecule has 1 aromatic carbocycles. The SMILES string of the molecule is O=C1CCCC1Cc1cc(C(F)(F)F)nc2c(C(F)(F)F)cccc12. The minimum absolute atomic E-state index is 0.00234. The number of carbonyl (C=O) groups is 1. The molecule has 1 fully saturated rings. The molecule has 0 saturated heterocycles. The molecule has 8 heteroatoms. The summed E-state index contributed by atoms with van der Waals surface area (Å²) in [5.74, 6) is -0.522. The summed E-state index contributed by atoms with van der Waals surface area (Å²) in [6.07, 6.45) is -8.18. The Balaban J connectivity index is 2.22. The molecule has 3 rings (SSSR count). The van der Waals surface area contributed by atoms with Crippen molar-refractivity contribution in [1.82, 2.24) is 4.98 Å². The molecule has 0 amide bonds. The predicted octanol–water partition coefficient (Wildman–Crippen LogP) is 5.18. The van der Waals surface area contributed by atoms with Crippen LogP contribution in [0.1, 0.15) is 36.1 Å². The number of nitrogens with zero attached hydrogens (tertiary/aromatic N) is 1. The lowest BCUT2D eigenvalue weighted by molar-refractivity contribution is -0.142. The number of alkyl halides is 6. The van der Waals surface area contributed by atoms with Gasteiger partial charge in [0.2, 0.25) is 0 Å². The van der Waals surface area contributed by atoms with Gasteiger partial charge in [0.15, 0.2) is 0 Å². The number of hydrogen-bond acceptors (Lipinski definition) is 2. The first-order valence-corrected chi connectivity index (χ1v) is 7.67. The van der Waals surface area contributed by atoms with Crippen LogP contribution in [-0.2, 0) is 23.6 Å². The lowest BCUT2D eigenvalue weighted by Gasteiger charge is -2.17. The van der Waals surface area contributed by atoms with E-state index in [9.17, 15) is 31.1 Å². The number of ketones is 1. The van der Waals surface area contributed by atoms with Crippen LogP contribution in [-0.4, -0.2) is 10.8 Å². The Labute approximate surface area is 138 Å². The Kier molecular flexibility index (Phi) is 4.25. The van der Waals surface area contributed by atoms with Crippen LogP contribution in [0.4, 0.5) is 26.3 Å². The number of para-hydroxylation sites is 1. The monoisotopic (exact) mass is 361 g/mol. The van der Waals surface area contributed by atoms with E-state index in [2.05, 4.69) is 4.98 Å². The first-order valence-electron chi connectivity index (χ1n) is 7.67. The number of benzene rings is 1. The van der Waals surface area contributed by atoms with Crippen LogP contribution in [0.5, 0.6) is 0 Å². The van der Waals surface area contributed by atoms with Crippen LogP contribution in [0.2, 0.25) is 0 Å². The van der Waals surface area contributed by atoms with E-state index >= 15 is 0 Å². The normalized spacial score (nSPS) is 19.0. The third-order valence-corrected chi connectivity index (χ3v) is 4.42. The summed E-state index contributed by atoms with van der Waals surface area (Å²) in [7, 11) is 0. The van der Waals surface area contributed by atoms with Crippen molar-refractivity contribution >= 4 is 16.7 Å². The van der Waals surface area contributed by atoms with Gasteiger partial charge in [-0.3, -0.25) is 4.79 Å². The number of Topliss-reactive ketones (excluding diaryl/α,β-unsaturated/α-hetero) is 1. The maximum atomic E-state index is 13.2. The summed E-state index contributed by atoms with van der Waals surface area (Å²) in [4.78, 5) is 15.0. The van der Waals surface area contributed by atoms with E-state index in [1.54, 1.807) is 0 Å². The molecule has 1 saturated carbocycles. The highest BCUT2D eigenvalue weighted by atomic mass is 19.4. The van der Waals surface area contributed by atoms with Gasteiger partial charge in [-0.25, -0.2) is 4.98 Å². The third kappa shape index (κ3) is 3.48. The Morgan fingerprint density at radius 2 is 1.80 bits per heavy atom. The lowest BCUT2D eigenvalue weighted by atomic mass is 9.93. The van der Waals surface area contributed by atoms with Crippen molar-refractivity contribution in [3.05, 3.63) is 41.1 Å². The summed E-state index contributed by atoms with van der Waals surface area (Å²) in [6.45, 7) is 0. The number of pyridine rings is 1. The van der Waals surface area contributed by atoms with E-state index in [-0.39, 0.29) is 23.2 Å². The molecule has 1 aliphatic carbocycles. The Hall–Kier alpha value is -2.12. The predicted molar refractivity (Wildman–Crippen MR) is 77.8 cm³/mol. The molecule has 1 heterocycles. The van der Waals surface area contributed by atoms with Crippen LogP contribution >= 0.6 is 0 Å². The number of rotatable bonds is 2. The second-order valence-electron chi connectivity index (χ2n) is 6.12. The summed E-state index contributed by atoms with van der Waals surface area (Å²) in [5.41, 5.74) is -3.25. The van der Waals surface area contributed by atoms with Gasteiger partial charge in [-0.15, -0.1) is 0 Å². The molecular formula is C17H13F6NO. The molecule has 0 bridgehead atoms. The highest BCUT2D eigenvalue weighted by Gasteiger charge is 2.38. The molecule has 0 spiro atoms. The molecule has 1 aromatic heterocycles. The number of fused-ring (bicyclic) bond motifs is 1. The minimum Gasteiger partial charge on any atom is -0.299 e. The lowest BCUT2D eigenvalue weighted by Crippen LogP contribution is -2.15. The summed E-state index contributed by atoms with van der Waals surface area (Å²) < 4.78 is 78.8. The van der Waals surface area contributed by atoms with Crippen LogP contribution in [0.15, 0.2) is 24.3 Å². The van der Waals surface area contributed by atoms with Gasteiger partial charge in [-0.05, 0) is 37.0 Å². The molecule has 25 heavy (non-hydrogen) atoms. The fourth-order valence-electron chi connectivity index (χ4n) is 3.23. The molecule has 1 unspecified atom stereocenters. The number of aromatic nitrogens is 1. The molecule has 0 aliphatic heterocycles. The zero-order valence-electron chi connectivity index (χ0n) is 12.8. The second-order valence-corrected chi connectivity index (χ2v) is 6.12. The molecule has 1 aliphatic rings. The number of carbonyl (C=O) groups excluding carboxylic acids is 1. The topological polar surface area (TPSA) is 30.0 Å². The van der Waals surface area contributed by atoms with Crippen molar-refractivity contribution in [3.63, 3.8) is 0 Å². The largest absolute Gasteiger partial charge is 0.433 e. The molecule has 0 radical (unpaired) electrons. The third-order valence-electron chi connectivity index (χ3n) is 4.42. The fraction of sp³-hybridized carbons (Fsp3) is 0.412. The van der Waals surface area contributed by atoms with Crippen LogP contribution in [0.3, 0.4) is 0 Å². The minimum atomic E-state index is -4.87. The van der Waals surface area contributed by atoms with Crippen molar-refractivity contribution < 1.29 is 31.1 Å². The van der Waals surface area contributed by atoms with Crippen molar-refractivity contribution in [2.75, 3.05) is 0 Å². The maximum Gasteiger partial charge on any atom is 0.433 e. The quantitative estimate of drug-likeness (QED) is 0.690. The van der Waals surface area contributed by atoms with E-state index in [1.807, 2.05) is 0 Å². The molecule has 134 valence electrons. The highest BCUT2D eigenvalue weighted by molar-refractivity contribution is 5.88. The van der Waals surface area contributed by atoms with Gasteiger partial charge in [0.25, 0.3) is 0 Å². The Morgan fingerprint density at radius 3 is 2.36 bits per heavy atom. The zero-order valence-corrected chi connectivity index (χ0v) is 12.8. The number of halogens is 6. The van der Waals surface area contributed by atoms with Crippen LogP contribution in [0, 0.1) is 5.92 Å². The van der Waals surface area contributed by atoms with E-state index in [1.165, 1.54) is 6.07 Å². The summed E-state index contributed by atoms with van der Waals surface area (Å²) in [6, 6.07) is 3.92. The number of hydrogen-bond donors (Lipinski definition) is 0. The summed E-state index contributed by atoms with van der Waals surface area (Å²) >= 11 is 0. The van der Waals surface area contributed by atoms with Gasteiger partial charge < -0.3 is 0 Å². The van der Waals surface area contributed by atoms with Gasteiger partial charge in [0.1, 0.15) is 11.5 Å². The maximum absolute atomic E-state index is 13.2. The second kappa shape index (κ2) is 6.00. The van der Waals surface area contributed by atoms with E-state index in [0.717, 1.165) is 12.1 Å². The highest BCUT2D eigenvalue weighted by Crippen LogP contribution is 2.38. The average molecular weight is 361 g/mol. The smallest absolute Gasteiger partial charge is 0.299 e. The van der Waals surface area contributed by atoms with Gasteiger partial charge >= 0.3 is 12.4 Å². The van der Waals surface area contributed by atoms with Gasteiger partial charge in [-0.2, -0.15) is 26.3 Å². The van der Waals surface area contributed by atoms with Crippen molar-refractivity contribution in [1.29, 1.82) is 0 Å². The van der Waals surface area contributed by atoms with E-state index in [4.69, 9.17) is 0 Å². The van der Waals surface area contributed by atoms with Gasteiger partial charge in [0, 0.05) is 17.7 Å². The first kappa shape index (κ1) is 17.7. The van der Waals surface area contributed by atoms with Crippen LogP contribution < -0.4 is 0 Å². The van der Waals surface area contributed by atoms with Crippen LogP contribution in [0.25, 0.3) is 10.9 Å². The first-order chi connectivity index (χ1) is 11.6. The Morgan fingerprint density at radius 1 is 1.08 bits per heavy atom. The summed E-state index contributed by atoms with van der Waals surface area (Å²) in [5, 5.41) is 0.00234. The van der Waals surface area contributed by atoms with Crippen molar-refractivity contribution in [3.8, 4) is 0 Å².